The van der Waals surface area contributed by atoms with Gasteiger partial charge in [-0.25, -0.2) is 0 Å². The molecule has 0 aromatic carbocycles. The summed E-state index contributed by atoms with van der Waals surface area (Å²) in [5.74, 6) is -0.622. The third kappa shape index (κ3) is 2.43. The SMILES string of the molecule is COCC(CCO)N1C(=O)C=C(C)C1=O. The van der Waals surface area contributed by atoms with Crippen molar-refractivity contribution < 1.29 is 19.4 Å². The van der Waals surface area contributed by atoms with E-state index in [0.29, 0.717) is 12.0 Å². The van der Waals surface area contributed by atoms with Gasteiger partial charge >= 0.3 is 0 Å². The molecule has 0 saturated heterocycles. The van der Waals surface area contributed by atoms with Gasteiger partial charge in [0.1, 0.15) is 0 Å². The molecule has 5 nitrogen and oxygen atoms in total. The molecular weight excluding hydrogens is 198 g/mol. The van der Waals surface area contributed by atoms with Gasteiger partial charge in [0.2, 0.25) is 0 Å². The highest BCUT2D eigenvalue weighted by Crippen LogP contribution is 2.17. The summed E-state index contributed by atoms with van der Waals surface area (Å²) in [6.07, 6.45) is 1.65. The van der Waals surface area contributed by atoms with Crippen molar-refractivity contribution in [1.82, 2.24) is 4.90 Å². The molecule has 0 fully saturated rings. The molecule has 0 aromatic rings. The Bertz CT molecular complexity index is 292. The predicted molar refractivity (Wildman–Crippen MR) is 53.0 cm³/mol. The molecule has 2 amide bonds. The third-order valence-electron chi connectivity index (χ3n) is 2.32. The van der Waals surface area contributed by atoms with Crippen LogP contribution in [0.3, 0.4) is 0 Å². The van der Waals surface area contributed by atoms with E-state index in [1.165, 1.54) is 13.2 Å². The summed E-state index contributed by atoms with van der Waals surface area (Å²) in [7, 11) is 1.50. The van der Waals surface area contributed by atoms with Crippen LogP contribution in [-0.4, -0.2) is 48.2 Å². The molecule has 1 heterocycles. The molecule has 0 aliphatic carbocycles. The number of amides is 2. The first-order valence-corrected chi connectivity index (χ1v) is 4.77. The zero-order valence-electron chi connectivity index (χ0n) is 8.90. The van der Waals surface area contributed by atoms with Crippen LogP contribution in [-0.2, 0) is 14.3 Å². The molecule has 84 valence electrons. The average Bonchev–Trinajstić information content (AvgIpc) is 2.41. The number of carbonyl (C=O) groups is 2. The number of hydrogen-bond acceptors (Lipinski definition) is 4. The maximum Gasteiger partial charge on any atom is 0.256 e. The van der Waals surface area contributed by atoms with Crippen molar-refractivity contribution in [2.24, 2.45) is 0 Å². The number of aliphatic hydroxyl groups excluding tert-OH is 1. The van der Waals surface area contributed by atoms with E-state index in [0.717, 1.165) is 4.90 Å². The van der Waals surface area contributed by atoms with Crippen LogP contribution in [0.15, 0.2) is 11.6 Å². The summed E-state index contributed by atoms with van der Waals surface area (Å²) < 4.78 is 4.92. The smallest absolute Gasteiger partial charge is 0.256 e. The van der Waals surface area contributed by atoms with Crippen LogP contribution in [0.1, 0.15) is 13.3 Å². The number of imide groups is 1. The number of carbonyl (C=O) groups excluding carboxylic acids is 2. The Balaban J connectivity index is 2.76. The zero-order valence-corrected chi connectivity index (χ0v) is 8.90. The molecule has 5 heteroatoms. The van der Waals surface area contributed by atoms with Crippen LogP contribution < -0.4 is 0 Å². The Labute approximate surface area is 88.3 Å². The molecular formula is C10H15NO4. The van der Waals surface area contributed by atoms with Crippen molar-refractivity contribution in [1.29, 1.82) is 0 Å². The molecule has 1 N–H and O–H groups in total. The van der Waals surface area contributed by atoms with E-state index in [1.807, 2.05) is 0 Å². The molecule has 0 spiro atoms. The van der Waals surface area contributed by atoms with Gasteiger partial charge < -0.3 is 9.84 Å². The van der Waals surface area contributed by atoms with Crippen molar-refractivity contribution in [3.8, 4) is 0 Å². The van der Waals surface area contributed by atoms with Gasteiger partial charge in [-0.15, -0.1) is 0 Å². The van der Waals surface area contributed by atoms with E-state index in [4.69, 9.17) is 9.84 Å². The number of ether oxygens (including phenoxy) is 1. The maximum absolute atomic E-state index is 11.6. The summed E-state index contributed by atoms with van der Waals surface area (Å²) in [6, 6.07) is -0.381. The van der Waals surface area contributed by atoms with Gasteiger partial charge in [-0.05, 0) is 13.3 Å². The van der Waals surface area contributed by atoms with Crippen LogP contribution in [0.25, 0.3) is 0 Å². The monoisotopic (exact) mass is 213 g/mol. The van der Waals surface area contributed by atoms with Gasteiger partial charge in [-0.3, -0.25) is 14.5 Å². The first kappa shape index (κ1) is 11.9. The van der Waals surface area contributed by atoms with Crippen LogP contribution in [0.4, 0.5) is 0 Å². The second kappa shape index (κ2) is 5.04. The second-order valence-electron chi connectivity index (χ2n) is 3.46. The van der Waals surface area contributed by atoms with Crippen LogP contribution in [0.5, 0.6) is 0 Å². The van der Waals surface area contributed by atoms with E-state index in [9.17, 15) is 9.59 Å². The Morgan fingerprint density at radius 1 is 1.53 bits per heavy atom. The topological polar surface area (TPSA) is 66.8 Å². The van der Waals surface area contributed by atoms with Gasteiger partial charge in [-0.2, -0.15) is 0 Å². The normalized spacial score (nSPS) is 18.3. The van der Waals surface area contributed by atoms with Crippen molar-refractivity contribution in [3.05, 3.63) is 11.6 Å². The van der Waals surface area contributed by atoms with Gasteiger partial charge in [0, 0.05) is 25.4 Å². The van der Waals surface area contributed by atoms with Gasteiger partial charge in [0.05, 0.1) is 12.6 Å². The van der Waals surface area contributed by atoms with E-state index >= 15 is 0 Å². The van der Waals surface area contributed by atoms with Crippen molar-refractivity contribution >= 4 is 11.8 Å². The summed E-state index contributed by atoms with van der Waals surface area (Å²) in [6.45, 7) is 1.77. The second-order valence-corrected chi connectivity index (χ2v) is 3.46. The fourth-order valence-corrected chi connectivity index (χ4v) is 1.58. The average molecular weight is 213 g/mol. The lowest BCUT2D eigenvalue weighted by molar-refractivity contribution is -0.141. The molecule has 1 atom stereocenters. The lowest BCUT2D eigenvalue weighted by Gasteiger charge is -2.25. The third-order valence-corrected chi connectivity index (χ3v) is 2.32. The zero-order chi connectivity index (χ0) is 11.4. The minimum atomic E-state index is -0.381. The number of rotatable bonds is 5. The molecule has 1 aliphatic rings. The minimum Gasteiger partial charge on any atom is -0.396 e. The molecule has 0 radical (unpaired) electrons. The van der Waals surface area contributed by atoms with Crippen LogP contribution in [0.2, 0.25) is 0 Å². The molecule has 0 bridgehead atoms. The van der Waals surface area contributed by atoms with E-state index in [2.05, 4.69) is 0 Å². The largest absolute Gasteiger partial charge is 0.396 e. The van der Waals surface area contributed by atoms with E-state index < -0.39 is 0 Å². The van der Waals surface area contributed by atoms with Gasteiger partial charge in [-0.1, -0.05) is 0 Å². The highest BCUT2D eigenvalue weighted by Gasteiger charge is 2.34. The Morgan fingerprint density at radius 3 is 2.60 bits per heavy atom. The first-order chi connectivity index (χ1) is 7.11. The van der Waals surface area contributed by atoms with Crippen LogP contribution >= 0.6 is 0 Å². The molecule has 1 aliphatic heterocycles. The number of nitrogens with zero attached hydrogens (tertiary/aromatic N) is 1. The molecule has 15 heavy (non-hydrogen) atoms. The standard InChI is InChI=1S/C10H15NO4/c1-7-5-9(13)11(10(7)14)8(3-4-12)6-15-2/h5,8,12H,3-4,6H2,1-2H3. The van der Waals surface area contributed by atoms with Crippen molar-refractivity contribution in [2.45, 2.75) is 19.4 Å². The number of methoxy groups -OCH3 is 1. The fourth-order valence-electron chi connectivity index (χ4n) is 1.58. The van der Waals surface area contributed by atoms with Crippen molar-refractivity contribution in [3.63, 3.8) is 0 Å². The minimum absolute atomic E-state index is 0.0792. The first-order valence-electron chi connectivity index (χ1n) is 4.77. The Hall–Kier alpha value is -1.20. The Morgan fingerprint density at radius 2 is 2.20 bits per heavy atom. The van der Waals surface area contributed by atoms with Crippen molar-refractivity contribution in [2.75, 3.05) is 20.3 Å². The quantitative estimate of drug-likeness (QED) is 0.637. The number of hydrogen-bond donors (Lipinski definition) is 1. The molecule has 1 unspecified atom stereocenters. The molecule has 0 aromatic heterocycles. The van der Waals surface area contributed by atoms with Gasteiger partial charge in [0.15, 0.2) is 0 Å². The molecule has 1 rings (SSSR count). The van der Waals surface area contributed by atoms with Gasteiger partial charge in [0.25, 0.3) is 11.8 Å². The predicted octanol–water partition coefficient (Wildman–Crippen LogP) is -0.301. The highest BCUT2D eigenvalue weighted by molar-refractivity contribution is 6.16. The number of aliphatic hydroxyl groups is 1. The lowest BCUT2D eigenvalue weighted by Crippen LogP contribution is -2.43. The van der Waals surface area contributed by atoms with Crippen LogP contribution in [0, 0.1) is 0 Å². The highest BCUT2D eigenvalue weighted by atomic mass is 16.5. The van der Waals surface area contributed by atoms with E-state index in [1.54, 1.807) is 6.92 Å². The summed E-state index contributed by atoms with van der Waals surface area (Å²) in [5.41, 5.74) is 0.430. The summed E-state index contributed by atoms with van der Waals surface area (Å²) in [5, 5.41) is 8.84. The van der Waals surface area contributed by atoms with E-state index in [-0.39, 0.29) is 31.1 Å². The summed E-state index contributed by atoms with van der Waals surface area (Å²) >= 11 is 0. The molecule has 0 saturated carbocycles. The fraction of sp³-hybridized carbons (Fsp3) is 0.600. The maximum atomic E-state index is 11.6. The lowest BCUT2D eigenvalue weighted by atomic mass is 10.2. The Kier molecular flexibility index (Phi) is 3.99. The summed E-state index contributed by atoms with van der Waals surface area (Å²) in [4.78, 5) is 24.2.